The molecule has 0 fully saturated rings. The summed E-state index contributed by atoms with van der Waals surface area (Å²) in [5, 5.41) is 0. The first kappa shape index (κ1) is 14.6. The SMILES string of the molecule is Cc1cnc(CNS(=O)(=O)c2ccc(C(N)=S)nc2)o1. The lowest BCUT2D eigenvalue weighted by Crippen LogP contribution is -2.24. The Balaban J connectivity index is 2.11. The van der Waals surface area contributed by atoms with Gasteiger partial charge in [-0.1, -0.05) is 12.2 Å². The second-order valence-corrected chi connectivity index (χ2v) is 6.14. The molecule has 0 atom stereocenters. The normalized spacial score (nSPS) is 11.4. The Morgan fingerprint density at radius 2 is 2.15 bits per heavy atom. The van der Waals surface area contributed by atoms with Gasteiger partial charge in [-0.05, 0) is 19.1 Å². The fourth-order valence-electron chi connectivity index (χ4n) is 1.41. The van der Waals surface area contributed by atoms with E-state index in [9.17, 15) is 8.42 Å². The highest BCUT2D eigenvalue weighted by atomic mass is 32.2. The van der Waals surface area contributed by atoms with Gasteiger partial charge in [0.15, 0.2) is 0 Å². The molecule has 2 rings (SSSR count). The van der Waals surface area contributed by atoms with Gasteiger partial charge in [0.05, 0.1) is 18.4 Å². The average molecular weight is 312 g/mol. The molecule has 0 aliphatic carbocycles. The topological polar surface area (TPSA) is 111 Å². The van der Waals surface area contributed by atoms with E-state index in [-0.39, 0.29) is 16.4 Å². The van der Waals surface area contributed by atoms with Crippen molar-refractivity contribution in [2.45, 2.75) is 18.4 Å². The van der Waals surface area contributed by atoms with Crippen LogP contribution >= 0.6 is 12.2 Å². The van der Waals surface area contributed by atoms with E-state index in [0.717, 1.165) is 0 Å². The second kappa shape index (κ2) is 5.65. The third-order valence-corrected chi connectivity index (χ3v) is 3.98. The summed E-state index contributed by atoms with van der Waals surface area (Å²) >= 11 is 4.75. The van der Waals surface area contributed by atoms with Crippen molar-refractivity contribution in [1.82, 2.24) is 14.7 Å². The third kappa shape index (κ3) is 3.38. The fraction of sp³-hybridized carbons (Fsp3) is 0.182. The zero-order chi connectivity index (χ0) is 14.8. The third-order valence-electron chi connectivity index (χ3n) is 2.38. The van der Waals surface area contributed by atoms with Crippen molar-refractivity contribution in [2.24, 2.45) is 5.73 Å². The summed E-state index contributed by atoms with van der Waals surface area (Å²) in [6.07, 6.45) is 2.71. The lowest BCUT2D eigenvalue weighted by atomic mass is 10.3. The standard InChI is InChI=1S/C11H12N4O3S2/c1-7-4-14-10(18-7)6-15-20(16,17)8-2-3-9(11(12)19)13-5-8/h2-5,15H,6H2,1H3,(H2,12,19). The van der Waals surface area contributed by atoms with Crippen LogP contribution in [0.1, 0.15) is 17.3 Å². The van der Waals surface area contributed by atoms with Crippen molar-refractivity contribution in [3.8, 4) is 0 Å². The van der Waals surface area contributed by atoms with Crippen molar-refractivity contribution in [2.75, 3.05) is 0 Å². The van der Waals surface area contributed by atoms with E-state index in [1.807, 2.05) is 0 Å². The van der Waals surface area contributed by atoms with Crippen LogP contribution in [-0.2, 0) is 16.6 Å². The van der Waals surface area contributed by atoms with Crippen LogP contribution in [-0.4, -0.2) is 23.4 Å². The highest BCUT2D eigenvalue weighted by molar-refractivity contribution is 7.89. The van der Waals surface area contributed by atoms with Gasteiger partial charge in [-0.15, -0.1) is 0 Å². The van der Waals surface area contributed by atoms with Crippen LogP contribution in [0.5, 0.6) is 0 Å². The molecule has 7 nitrogen and oxygen atoms in total. The van der Waals surface area contributed by atoms with E-state index in [1.165, 1.54) is 24.5 Å². The molecule has 0 amide bonds. The molecule has 0 aromatic carbocycles. The number of aryl methyl sites for hydroxylation is 1. The number of hydrogen-bond donors (Lipinski definition) is 2. The Bertz CT molecular complexity index is 722. The maximum atomic E-state index is 12.0. The van der Waals surface area contributed by atoms with Crippen LogP contribution in [0.2, 0.25) is 0 Å². The molecule has 2 heterocycles. The van der Waals surface area contributed by atoms with Crippen LogP contribution in [0, 0.1) is 6.92 Å². The monoisotopic (exact) mass is 312 g/mol. The first-order chi connectivity index (χ1) is 9.38. The number of sulfonamides is 1. The number of rotatable bonds is 5. The van der Waals surface area contributed by atoms with Gasteiger partial charge >= 0.3 is 0 Å². The van der Waals surface area contributed by atoms with Crippen molar-refractivity contribution < 1.29 is 12.8 Å². The zero-order valence-corrected chi connectivity index (χ0v) is 12.2. The van der Waals surface area contributed by atoms with Crippen molar-refractivity contribution in [3.63, 3.8) is 0 Å². The Kier molecular flexibility index (Phi) is 4.12. The first-order valence-electron chi connectivity index (χ1n) is 5.55. The van der Waals surface area contributed by atoms with Crippen LogP contribution < -0.4 is 10.5 Å². The largest absolute Gasteiger partial charge is 0.445 e. The summed E-state index contributed by atoms with van der Waals surface area (Å²) < 4.78 is 31.6. The maximum Gasteiger partial charge on any atom is 0.242 e. The van der Waals surface area contributed by atoms with E-state index >= 15 is 0 Å². The van der Waals surface area contributed by atoms with Crippen LogP contribution in [0.15, 0.2) is 33.8 Å². The van der Waals surface area contributed by atoms with Crippen molar-refractivity contribution >= 4 is 27.2 Å². The van der Waals surface area contributed by atoms with E-state index in [1.54, 1.807) is 6.92 Å². The minimum absolute atomic E-state index is 0.0146. The molecule has 0 unspecified atom stereocenters. The Labute approximate surface area is 121 Å². The molecular weight excluding hydrogens is 300 g/mol. The quantitative estimate of drug-likeness (QED) is 0.773. The summed E-state index contributed by atoms with van der Waals surface area (Å²) in [5.74, 6) is 0.903. The molecule has 0 aliphatic rings. The molecule has 3 N–H and O–H groups in total. The molecule has 0 aliphatic heterocycles. The predicted octanol–water partition coefficient (Wildman–Crippen LogP) is 0.491. The van der Waals surface area contributed by atoms with Gasteiger partial charge in [-0.25, -0.2) is 18.1 Å². The van der Waals surface area contributed by atoms with Crippen molar-refractivity contribution in [3.05, 3.63) is 41.9 Å². The number of aromatic nitrogens is 2. The molecule has 106 valence electrons. The van der Waals surface area contributed by atoms with Gasteiger partial charge < -0.3 is 10.2 Å². The van der Waals surface area contributed by atoms with Crippen molar-refractivity contribution in [1.29, 1.82) is 0 Å². The number of pyridine rings is 1. The van der Waals surface area contributed by atoms with Gasteiger partial charge in [-0.2, -0.15) is 0 Å². The number of hydrogen-bond acceptors (Lipinski definition) is 6. The van der Waals surface area contributed by atoms with Gasteiger partial charge in [-0.3, -0.25) is 4.98 Å². The maximum absolute atomic E-state index is 12.0. The Hall–Kier alpha value is -1.84. The average Bonchev–Trinajstić information content (AvgIpc) is 2.82. The molecule has 20 heavy (non-hydrogen) atoms. The number of nitrogens with one attached hydrogen (secondary N) is 1. The van der Waals surface area contributed by atoms with Gasteiger partial charge in [0.25, 0.3) is 0 Å². The lowest BCUT2D eigenvalue weighted by Gasteiger charge is -2.05. The van der Waals surface area contributed by atoms with E-state index in [2.05, 4.69) is 14.7 Å². The molecule has 0 radical (unpaired) electrons. The number of thiocarbonyl (C=S) groups is 1. The van der Waals surface area contributed by atoms with Gasteiger partial charge in [0, 0.05) is 6.20 Å². The fourth-order valence-corrected chi connectivity index (χ4v) is 2.45. The summed E-state index contributed by atoms with van der Waals surface area (Å²) in [6, 6.07) is 2.83. The Morgan fingerprint density at radius 1 is 1.40 bits per heavy atom. The molecule has 0 bridgehead atoms. The first-order valence-corrected chi connectivity index (χ1v) is 7.44. The van der Waals surface area contributed by atoms with Gasteiger partial charge in [0.2, 0.25) is 15.9 Å². The molecule has 9 heteroatoms. The minimum Gasteiger partial charge on any atom is -0.445 e. The van der Waals surface area contributed by atoms with Gasteiger partial charge in [0.1, 0.15) is 15.6 Å². The second-order valence-electron chi connectivity index (χ2n) is 3.93. The molecule has 2 aromatic heterocycles. The highest BCUT2D eigenvalue weighted by Gasteiger charge is 2.15. The number of nitrogens with two attached hydrogens (primary N) is 1. The minimum atomic E-state index is -3.69. The lowest BCUT2D eigenvalue weighted by molar-refractivity contribution is 0.463. The van der Waals surface area contributed by atoms with Crippen LogP contribution in [0.25, 0.3) is 0 Å². The van der Waals surface area contributed by atoms with Crippen LogP contribution in [0.4, 0.5) is 0 Å². The summed E-state index contributed by atoms with van der Waals surface area (Å²) in [5.41, 5.74) is 5.76. The smallest absolute Gasteiger partial charge is 0.242 e. The highest BCUT2D eigenvalue weighted by Crippen LogP contribution is 2.09. The van der Waals surface area contributed by atoms with E-state index < -0.39 is 10.0 Å². The van der Waals surface area contributed by atoms with Crippen LogP contribution in [0.3, 0.4) is 0 Å². The molecule has 2 aromatic rings. The zero-order valence-electron chi connectivity index (χ0n) is 10.5. The number of nitrogens with zero attached hydrogens (tertiary/aromatic N) is 2. The molecular formula is C11H12N4O3S2. The Morgan fingerprint density at radius 3 is 2.65 bits per heavy atom. The molecule has 0 saturated carbocycles. The predicted molar refractivity (Wildman–Crippen MR) is 75.4 cm³/mol. The summed E-state index contributed by atoms with van der Waals surface area (Å²) in [4.78, 5) is 7.91. The molecule has 0 saturated heterocycles. The molecule has 0 spiro atoms. The summed E-state index contributed by atoms with van der Waals surface area (Å²) in [6.45, 7) is 1.69. The summed E-state index contributed by atoms with van der Waals surface area (Å²) in [7, 11) is -3.69. The van der Waals surface area contributed by atoms with E-state index in [0.29, 0.717) is 17.3 Å². The number of oxazole rings is 1. The van der Waals surface area contributed by atoms with E-state index in [4.69, 9.17) is 22.4 Å².